The van der Waals surface area contributed by atoms with E-state index in [0.717, 1.165) is 10.6 Å². The molecule has 0 fully saturated rings. The molecule has 4 heterocycles. The topological polar surface area (TPSA) is 109 Å². The number of aromatic nitrogens is 5. The van der Waals surface area contributed by atoms with Crippen LogP contribution in [0.15, 0.2) is 47.9 Å². The standard InChI is InChI=1S/C20H17F2N7O2S/c1-10-7-24-13-6-15(31-20(21)22)11(5-16(13)32-10)17-14(9-25-28-17)27-19(30)12-8-26-29-4-2-3-23-18(12)29/h2-6,8-10,20,24H,7H2,1H3,(H,25,28)(H,27,30). The maximum absolute atomic E-state index is 13.1. The molecule has 9 nitrogen and oxygen atoms in total. The summed E-state index contributed by atoms with van der Waals surface area (Å²) in [5.74, 6) is -0.487. The van der Waals surface area contributed by atoms with Crippen LogP contribution in [0.1, 0.15) is 17.3 Å². The smallest absolute Gasteiger partial charge is 0.387 e. The quantitative estimate of drug-likeness (QED) is 0.417. The second kappa shape index (κ2) is 8.11. The summed E-state index contributed by atoms with van der Waals surface area (Å²) in [4.78, 5) is 18.0. The van der Waals surface area contributed by atoms with Gasteiger partial charge in [0.2, 0.25) is 0 Å². The molecule has 5 rings (SSSR count). The third-order valence-electron chi connectivity index (χ3n) is 4.89. The van der Waals surface area contributed by atoms with E-state index in [9.17, 15) is 13.6 Å². The largest absolute Gasteiger partial charge is 0.434 e. The number of hydrogen-bond donors (Lipinski definition) is 3. The first-order valence-corrected chi connectivity index (χ1v) is 10.5. The number of nitrogens with zero attached hydrogens (tertiary/aromatic N) is 4. The van der Waals surface area contributed by atoms with Gasteiger partial charge >= 0.3 is 6.61 Å². The maximum atomic E-state index is 13.1. The zero-order valence-electron chi connectivity index (χ0n) is 16.7. The van der Waals surface area contributed by atoms with Gasteiger partial charge in [0.15, 0.2) is 5.65 Å². The molecule has 1 aromatic carbocycles. The molecule has 0 saturated heterocycles. The van der Waals surface area contributed by atoms with Crippen molar-refractivity contribution in [3.05, 3.63) is 48.5 Å². The fourth-order valence-corrected chi connectivity index (χ4v) is 4.50. The summed E-state index contributed by atoms with van der Waals surface area (Å²) in [6.45, 7) is -0.229. The summed E-state index contributed by atoms with van der Waals surface area (Å²) in [5.41, 5.74) is 2.39. The zero-order valence-corrected chi connectivity index (χ0v) is 17.5. The van der Waals surface area contributed by atoms with Gasteiger partial charge in [0, 0.05) is 40.7 Å². The molecule has 4 aromatic rings. The monoisotopic (exact) mass is 457 g/mol. The number of hydrogen-bond acceptors (Lipinski definition) is 7. The van der Waals surface area contributed by atoms with E-state index in [1.807, 2.05) is 0 Å². The number of fused-ring (bicyclic) bond motifs is 2. The SMILES string of the molecule is CC1CNc2cc(OC(F)F)c(-c3[nH]ncc3NC(=O)c3cnn4cccnc34)cc2S1. The molecule has 1 aliphatic heterocycles. The van der Waals surface area contributed by atoms with E-state index in [1.54, 1.807) is 36.3 Å². The van der Waals surface area contributed by atoms with Gasteiger partial charge in [0.05, 0.1) is 29.5 Å². The Morgan fingerprint density at radius 3 is 3.09 bits per heavy atom. The summed E-state index contributed by atoms with van der Waals surface area (Å²) in [6.07, 6.45) is 6.05. The van der Waals surface area contributed by atoms with Crippen LogP contribution in [0, 0.1) is 0 Å². The van der Waals surface area contributed by atoms with Crippen LogP contribution < -0.4 is 15.4 Å². The van der Waals surface area contributed by atoms with Gasteiger partial charge in [0.1, 0.15) is 11.3 Å². The molecule has 32 heavy (non-hydrogen) atoms. The Morgan fingerprint density at radius 2 is 2.25 bits per heavy atom. The van der Waals surface area contributed by atoms with Crippen molar-refractivity contribution in [2.75, 3.05) is 17.2 Å². The number of H-pyrrole nitrogens is 1. The lowest BCUT2D eigenvalue weighted by Gasteiger charge is -2.24. The van der Waals surface area contributed by atoms with Crippen molar-refractivity contribution in [1.82, 2.24) is 24.8 Å². The summed E-state index contributed by atoms with van der Waals surface area (Å²) < 4.78 is 32.5. The fraction of sp³-hybridized carbons (Fsp3) is 0.200. The zero-order chi connectivity index (χ0) is 22.2. The van der Waals surface area contributed by atoms with Gasteiger partial charge in [-0.3, -0.25) is 9.89 Å². The molecular formula is C20H17F2N7O2S. The predicted molar refractivity (Wildman–Crippen MR) is 115 cm³/mol. The van der Waals surface area contributed by atoms with E-state index in [1.165, 1.54) is 23.0 Å². The summed E-state index contributed by atoms with van der Waals surface area (Å²) in [6, 6.07) is 4.99. The molecule has 1 aliphatic rings. The second-order valence-corrected chi connectivity index (χ2v) is 8.57. The minimum Gasteiger partial charge on any atom is -0.434 e. The number of carbonyl (C=O) groups excluding carboxylic acids is 1. The van der Waals surface area contributed by atoms with Crippen molar-refractivity contribution >= 4 is 34.7 Å². The van der Waals surface area contributed by atoms with Crippen LogP contribution >= 0.6 is 11.8 Å². The summed E-state index contributed by atoms with van der Waals surface area (Å²) in [7, 11) is 0. The van der Waals surface area contributed by atoms with Gasteiger partial charge in [-0.1, -0.05) is 6.92 Å². The Labute approximate surface area is 184 Å². The Bertz CT molecular complexity index is 1310. The van der Waals surface area contributed by atoms with Crippen molar-refractivity contribution < 1.29 is 18.3 Å². The molecule has 1 atom stereocenters. The number of alkyl halides is 2. The van der Waals surface area contributed by atoms with E-state index < -0.39 is 12.5 Å². The molecule has 3 aromatic heterocycles. The lowest BCUT2D eigenvalue weighted by atomic mass is 10.1. The molecule has 12 heteroatoms. The van der Waals surface area contributed by atoms with E-state index in [0.29, 0.717) is 34.4 Å². The van der Waals surface area contributed by atoms with Gasteiger partial charge in [0.25, 0.3) is 5.91 Å². The normalized spacial score (nSPS) is 15.4. The maximum Gasteiger partial charge on any atom is 0.387 e. The summed E-state index contributed by atoms with van der Waals surface area (Å²) in [5, 5.41) is 17.2. The number of halogens is 2. The third-order valence-corrected chi connectivity index (χ3v) is 6.05. The van der Waals surface area contributed by atoms with Crippen LogP contribution in [0.2, 0.25) is 0 Å². The Balaban J connectivity index is 1.52. The molecule has 1 amide bonds. The lowest BCUT2D eigenvalue weighted by Crippen LogP contribution is -2.18. The Kier molecular flexibility index (Phi) is 5.13. The average Bonchev–Trinajstić information content (AvgIpc) is 3.40. The van der Waals surface area contributed by atoms with Crippen LogP contribution in [0.5, 0.6) is 5.75 Å². The minimum absolute atomic E-state index is 0.0289. The molecule has 0 radical (unpaired) electrons. The van der Waals surface area contributed by atoms with Gasteiger partial charge in [-0.25, -0.2) is 9.50 Å². The number of carbonyl (C=O) groups is 1. The number of aromatic amines is 1. The van der Waals surface area contributed by atoms with Crippen molar-refractivity contribution in [2.45, 2.75) is 23.7 Å². The van der Waals surface area contributed by atoms with E-state index >= 15 is 0 Å². The average molecular weight is 457 g/mol. The molecule has 3 N–H and O–H groups in total. The van der Waals surface area contributed by atoms with Crippen LogP contribution in [0.3, 0.4) is 0 Å². The van der Waals surface area contributed by atoms with Crippen LogP contribution in [-0.4, -0.2) is 49.1 Å². The number of ether oxygens (including phenoxy) is 1. The van der Waals surface area contributed by atoms with Crippen molar-refractivity contribution in [3.8, 4) is 17.0 Å². The number of nitrogens with one attached hydrogen (secondary N) is 3. The fourth-order valence-electron chi connectivity index (χ4n) is 3.46. The van der Waals surface area contributed by atoms with E-state index in [-0.39, 0.29) is 11.3 Å². The van der Waals surface area contributed by atoms with Crippen molar-refractivity contribution in [1.29, 1.82) is 0 Å². The third kappa shape index (κ3) is 3.73. The number of anilines is 2. The molecule has 0 bridgehead atoms. The summed E-state index contributed by atoms with van der Waals surface area (Å²) >= 11 is 1.62. The van der Waals surface area contributed by atoms with Gasteiger partial charge < -0.3 is 15.4 Å². The lowest BCUT2D eigenvalue weighted by molar-refractivity contribution is -0.0494. The van der Waals surface area contributed by atoms with Crippen LogP contribution in [0.4, 0.5) is 20.2 Å². The van der Waals surface area contributed by atoms with Crippen molar-refractivity contribution in [2.24, 2.45) is 0 Å². The second-order valence-electron chi connectivity index (χ2n) is 7.09. The van der Waals surface area contributed by atoms with Gasteiger partial charge in [-0.15, -0.1) is 11.8 Å². The Morgan fingerprint density at radius 1 is 1.38 bits per heavy atom. The molecule has 164 valence electrons. The molecule has 0 spiro atoms. The highest BCUT2D eigenvalue weighted by atomic mass is 32.2. The van der Waals surface area contributed by atoms with Crippen molar-refractivity contribution in [3.63, 3.8) is 0 Å². The number of thioether (sulfide) groups is 1. The number of rotatable bonds is 5. The number of benzene rings is 1. The first-order valence-electron chi connectivity index (χ1n) is 9.66. The van der Waals surface area contributed by atoms with E-state index in [2.05, 4.69) is 37.8 Å². The Hall–Kier alpha value is -3.67. The van der Waals surface area contributed by atoms with Gasteiger partial charge in [-0.05, 0) is 12.1 Å². The molecule has 1 unspecified atom stereocenters. The highest BCUT2D eigenvalue weighted by Crippen LogP contribution is 2.44. The van der Waals surface area contributed by atoms with E-state index in [4.69, 9.17) is 4.74 Å². The molecular weight excluding hydrogens is 440 g/mol. The van der Waals surface area contributed by atoms with Gasteiger partial charge in [-0.2, -0.15) is 19.0 Å². The van der Waals surface area contributed by atoms with Crippen LogP contribution in [0.25, 0.3) is 16.9 Å². The first-order chi connectivity index (χ1) is 15.5. The molecule has 0 aliphatic carbocycles. The predicted octanol–water partition coefficient (Wildman–Crippen LogP) is 3.88. The number of amides is 1. The highest BCUT2D eigenvalue weighted by Gasteiger charge is 2.24. The molecule has 0 saturated carbocycles. The first kappa shape index (κ1) is 20.2. The minimum atomic E-state index is -3.01. The highest BCUT2D eigenvalue weighted by molar-refractivity contribution is 8.00. The van der Waals surface area contributed by atoms with Crippen LogP contribution in [-0.2, 0) is 0 Å².